The molecule has 4 aromatic rings. The van der Waals surface area contributed by atoms with Crippen LogP contribution in [0.5, 0.6) is 0 Å². The Morgan fingerprint density at radius 2 is 0.900 bits per heavy atom. The number of rotatable bonds is 12. The van der Waals surface area contributed by atoms with Gasteiger partial charge in [0, 0.05) is 64.2 Å². The first-order valence-electron chi connectivity index (χ1n) is 13.9. The molecule has 0 fully saturated rings. The van der Waals surface area contributed by atoms with Crippen molar-refractivity contribution in [2.75, 3.05) is 38.0 Å². The number of Topliss-reactive ketones (excluding diaryl/α,β-unsaturated/α-hetero) is 1. The standard InChI is InChI=1S/C37H40N2O/c1-38(2)35-23-19-31(20-24-35)33(17-15-29-11-7-5-8-12-29)27-37(40)28-34(18-16-30-13-9-6-10-14-30)32-21-25-36(26-22-32)39(3)4/h5-26,33-34H,27-28H2,1-4H3. The lowest BCUT2D eigenvalue weighted by molar-refractivity contribution is -0.119. The second kappa shape index (κ2) is 14.1. The van der Waals surface area contributed by atoms with E-state index in [-0.39, 0.29) is 17.6 Å². The zero-order valence-electron chi connectivity index (χ0n) is 24.1. The van der Waals surface area contributed by atoms with E-state index in [1.807, 2.05) is 64.6 Å². The molecule has 0 saturated heterocycles. The van der Waals surface area contributed by atoms with Crippen molar-refractivity contribution in [2.45, 2.75) is 24.7 Å². The monoisotopic (exact) mass is 528 g/mol. The van der Waals surface area contributed by atoms with Crippen LogP contribution >= 0.6 is 0 Å². The molecule has 2 atom stereocenters. The molecule has 0 aliphatic heterocycles. The van der Waals surface area contributed by atoms with Gasteiger partial charge in [-0.1, -0.05) is 109 Å². The van der Waals surface area contributed by atoms with E-state index in [1.165, 1.54) is 0 Å². The summed E-state index contributed by atoms with van der Waals surface area (Å²) < 4.78 is 0. The minimum atomic E-state index is -0.00112. The second-order valence-corrected chi connectivity index (χ2v) is 10.7. The summed E-state index contributed by atoms with van der Waals surface area (Å²) in [6, 6.07) is 37.6. The van der Waals surface area contributed by atoms with Gasteiger partial charge in [0.1, 0.15) is 5.78 Å². The minimum Gasteiger partial charge on any atom is -0.378 e. The van der Waals surface area contributed by atoms with Crippen molar-refractivity contribution in [1.82, 2.24) is 0 Å². The van der Waals surface area contributed by atoms with Crippen LogP contribution in [0.3, 0.4) is 0 Å². The molecule has 0 aromatic heterocycles. The molecule has 0 N–H and O–H groups in total. The molecule has 4 aromatic carbocycles. The number of carbonyl (C=O) groups excluding carboxylic acids is 1. The third kappa shape index (κ3) is 8.31. The molecule has 40 heavy (non-hydrogen) atoms. The minimum absolute atomic E-state index is 0.00112. The maximum atomic E-state index is 13.7. The Labute approximate surface area is 240 Å². The predicted molar refractivity (Wildman–Crippen MR) is 172 cm³/mol. The van der Waals surface area contributed by atoms with E-state index in [2.05, 4.69) is 107 Å². The highest BCUT2D eigenvalue weighted by Gasteiger charge is 2.19. The Balaban J connectivity index is 1.58. The highest BCUT2D eigenvalue weighted by Crippen LogP contribution is 2.30. The van der Waals surface area contributed by atoms with Crippen LogP contribution in [0.4, 0.5) is 11.4 Å². The topological polar surface area (TPSA) is 23.6 Å². The molecule has 0 saturated carbocycles. The lowest BCUT2D eigenvalue weighted by Gasteiger charge is -2.19. The highest BCUT2D eigenvalue weighted by molar-refractivity contribution is 5.81. The first-order valence-corrected chi connectivity index (χ1v) is 13.9. The molecule has 0 aliphatic carbocycles. The summed E-state index contributed by atoms with van der Waals surface area (Å²) in [5.74, 6) is 0.247. The van der Waals surface area contributed by atoms with Crippen molar-refractivity contribution in [2.24, 2.45) is 0 Å². The van der Waals surface area contributed by atoms with E-state index in [4.69, 9.17) is 0 Å². The van der Waals surface area contributed by atoms with Gasteiger partial charge >= 0.3 is 0 Å². The van der Waals surface area contributed by atoms with Gasteiger partial charge < -0.3 is 9.80 Å². The smallest absolute Gasteiger partial charge is 0.134 e. The van der Waals surface area contributed by atoms with Crippen LogP contribution in [-0.2, 0) is 4.79 Å². The Morgan fingerprint density at radius 3 is 1.23 bits per heavy atom. The zero-order valence-corrected chi connectivity index (χ0v) is 24.1. The van der Waals surface area contributed by atoms with Crippen LogP contribution in [0.25, 0.3) is 12.2 Å². The molecule has 0 radical (unpaired) electrons. The number of hydrogen-bond donors (Lipinski definition) is 0. The van der Waals surface area contributed by atoms with Gasteiger partial charge in [0.15, 0.2) is 0 Å². The highest BCUT2D eigenvalue weighted by atomic mass is 16.1. The van der Waals surface area contributed by atoms with E-state index >= 15 is 0 Å². The van der Waals surface area contributed by atoms with Crippen LogP contribution in [0, 0.1) is 0 Å². The van der Waals surface area contributed by atoms with Crippen LogP contribution in [0.1, 0.15) is 46.9 Å². The summed E-state index contributed by atoms with van der Waals surface area (Å²) in [6.45, 7) is 0. The molecule has 4 rings (SSSR count). The number of benzene rings is 4. The van der Waals surface area contributed by atoms with Gasteiger partial charge in [-0.15, -0.1) is 0 Å². The zero-order chi connectivity index (χ0) is 28.3. The van der Waals surface area contributed by atoms with Gasteiger partial charge in [0.05, 0.1) is 0 Å². The second-order valence-electron chi connectivity index (χ2n) is 10.7. The van der Waals surface area contributed by atoms with E-state index < -0.39 is 0 Å². The summed E-state index contributed by atoms with van der Waals surface area (Å²) in [4.78, 5) is 17.9. The molecule has 3 heteroatoms. The SMILES string of the molecule is CN(C)c1ccc(C(C=Cc2ccccc2)CC(=O)CC(C=Cc2ccccc2)c2ccc(N(C)C)cc2)cc1. The molecular weight excluding hydrogens is 488 g/mol. The van der Waals surface area contributed by atoms with Crippen LogP contribution in [0.15, 0.2) is 121 Å². The fraction of sp³-hybridized carbons (Fsp3) is 0.216. The van der Waals surface area contributed by atoms with Gasteiger partial charge in [0.2, 0.25) is 0 Å². The van der Waals surface area contributed by atoms with Gasteiger partial charge in [-0.2, -0.15) is 0 Å². The quantitative estimate of drug-likeness (QED) is 0.184. The third-order valence-corrected chi connectivity index (χ3v) is 7.21. The fourth-order valence-electron chi connectivity index (χ4n) is 4.79. The summed E-state index contributed by atoms with van der Waals surface area (Å²) in [6.07, 6.45) is 9.53. The average molecular weight is 529 g/mol. The van der Waals surface area contributed by atoms with Gasteiger partial charge in [-0.25, -0.2) is 0 Å². The lowest BCUT2D eigenvalue weighted by atomic mass is 9.87. The molecule has 0 heterocycles. The van der Waals surface area contributed by atoms with Gasteiger partial charge in [-0.3, -0.25) is 4.79 Å². The molecule has 3 nitrogen and oxygen atoms in total. The number of ketones is 1. The largest absolute Gasteiger partial charge is 0.378 e. The molecule has 2 unspecified atom stereocenters. The maximum absolute atomic E-state index is 13.7. The molecule has 0 aliphatic rings. The normalized spacial score (nSPS) is 12.9. The van der Waals surface area contributed by atoms with Crippen LogP contribution in [-0.4, -0.2) is 34.0 Å². The maximum Gasteiger partial charge on any atom is 0.134 e. The number of anilines is 2. The summed E-state index contributed by atoms with van der Waals surface area (Å²) in [5.41, 5.74) is 6.86. The van der Waals surface area contributed by atoms with Crippen molar-refractivity contribution < 1.29 is 4.79 Å². The van der Waals surface area contributed by atoms with Crippen molar-refractivity contribution in [1.29, 1.82) is 0 Å². The fourth-order valence-corrected chi connectivity index (χ4v) is 4.79. The number of nitrogens with zero attached hydrogens (tertiary/aromatic N) is 2. The number of hydrogen-bond acceptors (Lipinski definition) is 3. The van der Waals surface area contributed by atoms with Crippen molar-refractivity contribution in [3.05, 3.63) is 144 Å². The molecule has 0 bridgehead atoms. The van der Waals surface area contributed by atoms with E-state index in [0.29, 0.717) is 12.8 Å². The number of allylic oxidation sites excluding steroid dienone is 2. The Kier molecular flexibility index (Phi) is 10.1. The Bertz CT molecular complexity index is 1280. The van der Waals surface area contributed by atoms with E-state index in [9.17, 15) is 4.79 Å². The first-order chi connectivity index (χ1) is 19.4. The summed E-state index contributed by atoms with van der Waals surface area (Å²) in [7, 11) is 8.16. The Hall–Kier alpha value is -4.37. The van der Waals surface area contributed by atoms with Crippen LogP contribution in [0.2, 0.25) is 0 Å². The average Bonchev–Trinajstić information content (AvgIpc) is 2.98. The molecular formula is C37H40N2O. The third-order valence-electron chi connectivity index (χ3n) is 7.21. The summed E-state index contributed by atoms with van der Waals surface area (Å²) >= 11 is 0. The first kappa shape index (κ1) is 28.6. The molecule has 204 valence electrons. The van der Waals surface area contributed by atoms with E-state index in [1.54, 1.807) is 0 Å². The van der Waals surface area contributed by atoms with Crippen molar-refractivity contribution in [3.8, 4) is 0 Å². The van der Waals surface area contributed by atoms with Gasteiger partial charge in [0.25, 0.3) is 0 Å². The summed E-state index contributed by atoms with van der Waals surface area (Å²) in [5, 5.41) is 0. The van der Waals surface area contributed by atoms with Gasteiger partial charge in [-0.05, 0) is 46.5 Å². The molecule has 0 amide bonds. The van der Waals surface area contributed by atoms with Crippen molar-refractivity contribution >= 4 is 29.3 Å². The van der Waals surface area contributed by atoms with Crippen LogP contribution < -0.4 is 9.80 Å². The lowest BCUT2D eigenvalue weighted by Crippen LogP contribution is -2.11. The predicted octanol–water partition coefficient (Wildman–Crippen LogP) is 8.46. The Morgan fingerprint density at radius 1 is 0.550 bits per heavy atom. The number of carbonyl (C=O) groups is 1. The van der Waals surface area contributed by atoms with E-state index in [0.717, 1.165) is 33.6 Å². The van der Waals surface area contributed by atoms with Crippen molar-refractivity contribution in [3.63, 3.8) is 0 Å². The molecule has 0 spiro atoms.